The fourth-order valence-corrected chi connectivity index (χ4v) is 5.68. The van der Waals surface area contributed by atoms with Crippen LogP contribution in [0.15, 0.2) is 15.7 Å². The van der Waals surface area contributed by atoms with E-state index in [-0.39, 0.29) is 26.1 Å². The number of hydrogen-bond acceptors (Lipinski definition) is 5. The van der Waals surface area contributed by atoms with Gasteiger partial charge in [0, 0.05) is 13.1 Å². The van der Waals surface area contributed by atoms with E-state index in [1.54, 1.807) is 0 Å². The van der Waals surface area contributed by atoms with Crippen molar-refractivity contribution >= 4 is 27.3 Å². The lowest BCUT2D eigenvalue weighted by Crippen LogP contribution is -2.46. The number of sulfonamides is 1. The van der Waals surface area contributed by atoms with E-state index in [1.165, 1.54) is 15.6 Å². The third-order valence-electron chi connectivity index (χ3n) is 3.75. The van der Waals surface area contributed by atoms with E-state index in [2.05, 4.69) is 0 Å². The zero-order valence-corrected chi connectivity index (χ0v) is 13.0. The van der Waals surface area contributed by atoms with E-state index in [9.17, 15) is 13.2 Å². The van der Waals surface area contributed by atoms with Crippen LogP contribution in [0.25, 0.3) is 0 Å². The topological polar surface area (TPSA) is 83.9 Å². The quantitative estimate of drug-likeness (QED) is 0.884. The molecule has 6 nitrogen and oxygen atoms in total. The summed E-state index contributed by atoms with van der Waals surface area (Å²) in [5.74, 6) is -0.606. The molecule has 21 heavy (non-hydrogen) atoms. The summed E-state index contributed by atoms with van der Waals surface area (Å²) in [5.41, 5.74) is 0.918. The number of carboxylic acids is 1. The van der Waals surface area contributed by atoms with Gasteiger partial charge in [0.1, 0.15) is 4.21 Å². The van der Waals surface area contributed by atoms with Crippen LogP contribution >= 0.6 is 11.3 Å². The minimum absolute atomic E-state index is 0.108. The monoisotopic (exact) mass is 331 g/mol. The maximum Gasteiger partial charge on any atom is 0.306 e. The van der Waals surface area contributed by atoms with E-state index >= 15 is 0 Å². The molecule has 8 heteroatoms. The third kappa shape index (κ3) is 3.13. The minimum atomic E-state index is -3.54. The van der Waals surface area contributed by atoms with Crippen molar-refractivity contribution in [2.75, 3.05) is 19.7 Å². The molecule has 1 aliphatic heterocycles. The molecule has 0 bridgehead atoms. The molecule has 0 aromatic carbocycles. The Morgan fingerprint density at radius 3 is 2.90 bits per heavy atom. The van der Waals surface area contributed by atoms with E-state index in [1.807, 2.05) is 11.4 Å². The summed E-state index contributed by atoms with van der Waals surface area (Å²) in [7, 11) is -3.54. The number of aliphatic carboxylic acids is 1. The van der Waals surface area contributed by atoms with Crippen molar-refractivity contribution in [1.29, 1.82) is 0 Å². The largest absolute Gasteiger partial charge is 0.481 e. The number of ether oxygens (including phenoxy) is 1. The van der Waals surface area contributed by atoms with Crippen molar-refractivity contribution in [3.8, 4) is 0 Å². The fourth-order valence-electron chi connectivity index (χ4n) is 2.56. The highest BCUT2D eigenvalue weighted by atomic mass is 32.2. The molecule has 2 aliphatic rings. The Kier molecular flexibility index (Phi) is 4.04. The molecule has 116 valence electrons. The number of nitrogens with zero attached hydrogens (tertiary/aromatic N) is 1. The second kappa shape index (κ2) is 5.68. The Balaban J connectivity index is 1.80. The zero-order valence-electron chi connectivity index (χ0n) is 11.4. The average Bonchev–Trinajstić information content (AvgIpc) is 3.15. The molecule has 1 aromatic rings. The van der Waals surface area contributed by atoms with Crippen LogP contribution in [-0.2, 0) is 19.6 Å². The van der Waals surface area contributed by atoms with Gasteiger partial charge in [0.05, 0.1) is 19.1 Å². The molecule has 1 N–H and O–H groups in total. The lowest BCUT2D eigenvalue weighted by atomic mass is 10.2. The van der Waals surface area contributed by atoms with Crippen molar-refractivity contribution in [1.82, 2.24) is 4.31 Å². The van der Waals surface area contributed by atoms with Crippen LogP contribution in [-0.4, -0.2) is 49.6 Å². The van der Waals surface area contributed by atoms with Gasteiger partial charge >= 0.3 is 5.97 Å². The highest BCUT2D eigenvalue weighted by Gasteiger charge is 2.37. The number of carboxylic acid groups (broad SMARTS) is 1. The molecule has 0 spiro atoms. The van der Waals surface area contributed by atoms with Crippen molar-refractivity contribution < 1.29 is 23.1 Å². The summed E-state index contributed by atoms with van der Waals surface area (Å²) in [6.45, 7) is 0.623. The number of hydrogen-bond donors (Lipinski definition) is 1. The highest BCUT2D eigenvalue weighted by molar-refractivity contribution is 7.91. The lowest BCUT2D eigenvalue weighted by Gasteiger charge is -2.31. The molecule has 0 amide bonds. The first-order chi connectivity index (χ1) is 9.98. The van der Waals surface area contributed by atoms with Gasteiger partial charge in [0.15, 0.2) is 0 Å². The van der Waals surface area contributed by atoms with E-state index in [0.29, 0.717) is 10.1 Å². The highest BCUT2D eigenvalue weighted by Crippen LogP contribution is 2.45. The summed E-state index contributed by atoms with van der Waals surface area (Å²) in [5, 5.41) is 10.6. The normalized spacial score (nSPS) is 24.1. The van der Waals surface area contributed by atoms with Gasteiger partial charge in [-0.15, -0.1) is 11.3 Å². The number of morpholine rings is 1. The molecule has 2 heterocycles. The zero-order chi connectivity index (χ0) is 15.0. The predicted molar refractivity (Wildman–Crippen MR) is 77.0 cm³/mol. The van der Waals surface area contributed by atoms with E-state index in [4.69, 9.17) is 9.84 Å². The number of rotatable bonds is 5. The second-order valence-electron chi connectivity index (χ2n) is 5.39. The van der Waals surface area contributed by atoms with Crippen LogP contribution in [0.3, 0.4) is 0 Å². The summed E-state index contributed by atoms with van der Waals surface area (Å²) in [6.07, 6.45) is 1.34. The van der Waals surface area contributed by atoms with Crippen LogP contribution in [0.5, 0.6) is 0 Å². The summed E-state index contributed by atoms with van der Waals surface area (Å²) in [6, 6.07) is 1.89. The van der Waals surface area contributed by atoms with Crippen molar-refractivity contribution in [2.45, 2.75) is 35.5 Å². The molecular formula is C13H17NO5S2. The minimum Gasteiger partial charge on any atom is -0.481 e. The summed E-state index contributed by atoms with van der Waals surface area (Å²) in [4.78, 5) is 10.8. The third-order valence-corrected chi connectivity index (χ3v) is 7.11. The van der Waals surface area contributed by atoms with Crippen LogP contribution in [0.4, 0.5) is 0 Å². The van der Waals surface area contributed by atoms with Gasteiger partial charge in [-0.2, -0.15) is 4.31 Å². The Bertz CT molecular complexity index is 635. The van der Waals surface area contributed by atoms with Gasteiger partial charge in [-0.25, -0.2) is 8.42 Å². The smallest absolute Gasteiger partial charge is 0.306 e. The summed E-state index contributed by atoms with van der Waals surface area (Å²) < 4.78 is 32.7. The molecule has 1 saturated carbocycles. The molecule has 1 aliphatic carbocycles. The van der Waals surface area contributed by atoms with Gasteiger partial charge < -0.3 is 9.84 Å². The standard InChI is InChI=1S/C13H17NO5S2/c15-12(16)7-10-8-14(4-5-19-10)21(17,18)13-11(3-6-20-13)9-1-2-9/h3,6,9-10H,1-2,4-5,7-8H2,(H,15,16). The van der Waals surface area contributed by atoms with Crippen LogP contribution in [0.2, 0.25) is 0 Å². The maximum absolute atomic E-state index is 12.8. The average molecular weight is 331 g/mol. The molecular weight excluding hydrogens is 314 g/mol. The van der Waals surface area contributed by atoms with Crippen molar-refractivity contribution in [3.63, 3.8) is 0 Å². The van der Waals surface area contributed by atoms with E-state index < -0.39 is 22.1 Å². The fraction of sp³-hybridized carbons (Fsp3) is 0.615. The Labute approximate surface area is 127 Å². The van der Waals surface area contributed by atoms with Crippen molar-refractivity contribution in [2.24, 2.45) is 0 Å². The van der Waals surface area contributed by atoms with Crippen LogP contribution in [0, 0.1) is 0 Å². The van der Waals surface area contributed by atoms with E-state index in [0.717, 1.165) is 18.4 Å². The Morgan fingerprint density at radius 2 is 2.24 bits per heavy atom. The van der Waals surface area contributed by atoms with Crippen LogP contribution < -0.4 is 0 Å². The Hall–Kier alpha value is -0.960. The number of thiophene rings is 1. The first kappa shape index (κ1) is 15.0. The number of carbonyl (C=O) groups is 1. The first-order valence-corrected chi connectivity index (χ1v) is 9.21. The maximum atomic E-state index is 12.8. The van der Waals surface area contributed by atoms with Crippen molar-refractivity contribution in [3.05, 3.63) is 17.0 Å². The molecule has 2 fully saturated rings. The SMILES string of the molecule is O=C(O)CC1CN(S(=O)(=O)c2sccc2C2CC2)CCO1. The lowest BCUT2D eigenvalue weighted by molar-refractivity contribution is -0.141. The molecule has 1 unspecified atom stereocenters. The van der Waals surface area contributed by atoms with Gasteiger partial charge in [-0.3, -0.25) is 4.79 Å². The van der Waals surface area contributed by atoms with Crippen LogP contribution in [0.1, 0.15) is 30.7 Å². The second-order valence-corrected chi connectivity index (χ2v) is 8.44. The van der Waals surface area contributed by atoms with Gasteiger partial charge in [0.25, 0.3) is 10.0 Å². The molecule has 0 radical (unpaired) electrons. The first-order valence-electron chi connectivity index (χ1n) is 6.89. The van der Waals surface area contributed by atoms with Gasteiger partial charge in [-0.1, -0.05) is 0 Å². The molecule has 3 rings (SSSR count). The van der Waals surface area contributed by atoms with Gasteiger partial charge in [-0.05, 0) is 35.8 Å². The molecule has 1 aromatic heterocycles. The molecule has 1 saturated heterocycles. The molecule has 1 atom stereocenters. The Morgan fingerprint density at radius 1 is 1.48 bits per heavy atom. The predicted octanol–water partition coefficient (Wildman–Crippen LogP) is 1.49. The van der Waals surface area contributed by atoms with Gasteiger partial charge in [0.2, 0.25) is 0 Å². The summed E-state index contributed by atoms with van der Waals surface area (Å²) >= 11 is 1.25.